The molecular weight excluding hydrogens is 385 g/mol. The van der Waals surface area contributed by atoms with Gasteiger partial charge in [-0.15, -0.1) is 9.24 Å². The maximum absolute atomic E-state index is 10.5. The highest BCUT2D eigenvalue weighted by Crippen LogP contribution is 2.33. The summed E-state index contributed by atoms with van der Waals surface area (Å²) in [5, 5.41) is 11.2. The van der Waals surface area contributed by atoms with Crippen LogP contribution in [0.5, 0.6) is 5.75 Å². The molecule has 150 valence electrons. The monoisotopic (exact) mass is 409 g/mol. The Hall–Kier alpha value is -2.83. The second kappa shape index (κ2) is 7.89. The molecule has 0 aliphatic carbocycles. The maximum Gasteiger partial charge on any atom is 0.220 e. The van der Waals surface area contributed by atoms with E-state index in [1.54, 1.807) is 18.3 Å². The number of rotatable bonds is 3. The summed E-state index contributed by atoms with van der Waals surface area (Å²) in [7, 11) is 4.71. The van der Waals surface area contributed by atoms with E-state index in [2.05, 4.69) is 41.1 Å². The molecule has 3 aromatic heterocycles. The number of pyridine rings is 2. The third-order valence-corrected chi connectivity index (χ3v) is 5.92. The van der Waals surface area contributed by atoms with Crippen LogP contribution < -0.4 is 16.8 Å². The normalized spacial score (nSPS) is 15.5. The van der Waals surface area contributed by atoms with E-state index in [0.717, 1.165) is 42.5 Å². The quantitative estimate of drug-likeness (QED) is 0.559. The Kier molecular flexibility index (Phi) is 5.30. The summed E-state index contributed by atoms with van der Waals surface area (Å²) >= 11 is 0. The second-order valence-electron chi connectivity index (χ2n) is 7.34. The van der Waals surface area contributed by atoms with Crippen LogP contribution in [0.3, 0.4) is 0 Å². The minimum atomic E-state index is 0.0357. The first-order valence-electron chi connectivity index (χ1n) is 9.46. The van der Waals surface area contributed by atoms with Crippen molar-refractivity contribution in [3.05, 3.63) is 36.2 Å². The second-order valence-corrected chi connectivity index (χ2v) is 7.91. The van der Waals surface area contributed by atoms with Crippen LogP contribution in [0.2, 0.25) is 0 Å². The molecule has 4 heterocycles. The number of nitrogens with two attached hydrogens (primary N) is 2. The molecule has 1 aliphatic rings. The van der Waals surface area contributed by atoms with Crippen LogP contribution in [0.4, 0.5) is 11.8 Å². The van der Waals surface area contributed by atoms with Gasteiger partial charge < -0.3 is 21.5 Å². The van der Waals surface area contributed by atoms with Crippen molar-refractivity contribution in [1.29, 1.82) is 0 Å². The summed E-state index contributed by atoms with van der Waals surface area (Å²) < 4.78 is 0. The number of piperidine rings is 1. The molecule has 9 heteroatoms. The number of aromatic hydroxyl groups is 1. The van der Waals surface area contributed by atoms with E-state index in [9.17, 15) is 5.11 Å². The molecular formula is C20H24N7OP. The van der Waals surface area contributed by atoms with Gasteiger partial charge in [0.05, 0.1) is 11.4 Å². The zero-order valence-corrected chi connectivity index (χ0v) is 17.4. The molecule has 0 spiro atoms. The summed E-state index contributed by atoms with van der Waals surface area (Å²) in [5.41, 5.74) is 15.2. The zero-order valence-electron chi connectivity index (χ0n) is 16.2. The minimum Gasteiger partial charge on any atom is -0.506 e. The average Bonchev–Trinajstić information content (AvgIpc) is 2.71. The molecule has 0 aromatic carbocycles. The standard InChI is InChI=1S/C20H24N7OP/c1-27-8-5-11(6-9-27)14-10-15(26-20(22)25-14)17-16(28)3-2-13(24-17)12-4-7-23-19(21)18(12)29/h2-4,7,10-11,28H,5-6,8-9,29H2,1H3,(H2,21,23)(H2,22,25,26). The summed E-state index contributed by atoms with van der Waals surface area (Å²) in [4.78, 5) is 19.8. The van der Waals surface area contributed by atoms with Crippen LogP contribution >= 0.6 is 9.24 Å². The van der Waals surface area contributed by atoms with E-state index < -0.39 is 0 Å². The fourth-order valence-corrected chi connectivity index (χ4v) is 3.94. The van der Waals surface area contributed by atoms with Gasteiger partial charge in [0, 0.05) is 28.7 Å². The van der Waals surface area contributed by atoms with Crippen LogP contribution in [0.15, 0.2) is 30.5 Å². The molecule has 29 heavy (non-hydrogen) atoms. The molecule has 1 fully saturated rings. The van der Waals surface area contributed by atoms with Crippen molar-refractivity contribution in [3.63, 3.8) is 0 Å². The lowest BCUT2D eigenvalue weighted by atomic mass is 9.93. The van der Waals surface area contributed by atoms with Crippen molar-refractivity contribution in [2.75, 3.05) is 31.6 Å². The van der Waals surface area contributed by atoms with Gasteiger partial charge in [-0.05, 0) is 57.2 Å². The number of nitrogens with zero attached hydrogens (tertiary/aromatic N) is 5. The van der Waals surface area contributed by atoms with Crippen molar-refractivity contribution in [2.45, 2.75) is 18.8 Å². The van der Waals surface area contributed by atoms with E-state index in [1.165, 1.54) is 0 Å². The minimum absolute atomic E-state index is 0.0357. The summed E-state index contributed by atoms with van der Waals surface area (Å²) in [6.07, 6.45) is 3.66. The molecule has 5 N–H and O–H groups in total. The Morgan fingerprint density at radius 2 is 1.83 bits per heavy atom. The predicted octanol–water partition coefficient (Wildman–Crippen LogP) is 1.78. The van der Waals surface area contributed by atoms with Gasteiger partial charge in [0.2, 0.25) is 5.95 Å². The number of anilines is 2. The van der Waals surface area contributed by atoms with Crippen LogP contribution in [0.25, 0.3) is 22.6 Å². The van der Waals surface area contributed by atoms with Crippen LogP contribution in [0, 0.1) is 0 Å². The van der Waals surface area contributed by atoms with Gasteiger partial charge in [0.1, 0.15) is 17.3 Å². The lowest BCUT2D eigenvalue weighted by Crippen LogP contribution is -2.29. The van der Waals surface area contributed by atoms with E-state index >= 15 is 0 Å². The summed E-state index contributed by atoms with van der Waals surface area (Å²) in [5.74, 6) is 0.954. The molecule has 3 aromatic rings. The molecule has 0 amide bonds. The third-order valence-electron chi connectivity index (χ3n) is 5.31. The van der Waals surface area contributed by atoms with Crippen molar-refractivity contribution >= 4 is 26.3 Å². The smallest absolute Gasteiger partial charge is 0.220 e. The van der Waals surface area contributed by atoms with Crippen molar-refractivity contribution < 1.29 is 5.11 Å². The largest absolute Gasteiger partial charge is 0.506 e. The number of hydrogen-bond acceptors (Lipinski definition) is 8. The first-order valence-corrected chi connectivity index (χ1v) is 10.0. The van der Waals surface area contributed by atoms with Gasteiger partial charge in [-0.3, -0.25) is 0 Å². The Morgan fingerprint density at radius 1 is 1.07 bits per heavy atom. The number of nitrogen functional groups attached to an aromatic ring is 2. The van der Waals surface area contributed by atoms with Gasteiger partial charge in [0.25, 0.3) is 0 Å². The SMILES string of the molecule is CN1CCC(c2cc(-c3nc(-c4ccnc(N)c4P)ccc3O)nc(N)n2)CC1. The van der Waals surface area contributed by atoms with E-state index in [-0.39, 0.29) is 11.7 Å². The Bertz CT molecular complexity index is 1050. The summed E-state index contributed by atoms with van der Waals surface area (Å²) in [6.45, 7) is 2.03. The van der Waals surface area contributed by atoms with E-state index in [0.29, 0.717) is 28.8 Å². The fraction of sp³-hybridized carbons (Fsp3) is 0.300. The topological polar surface area (TPSA) is 127 Å². The molecule has 0 bridgehead atoms. The summed E-state index contributed by atoms with van der Waals surface area (Å²) in [6, 6.07) is 7.07. The van der Waals surface area contributed by atoms with Crippen LogP contribution in [0.1, 0.15) is 24.5 Å². The molecule has 1 aliphatic heterocycles. The van der Waals surface area contributed by atoms with Gasteiger partial charge in [-0.2, -0.15) is 0 Å². The van der Waals surface area contributed by atoms with Crippen molar-refractivity contribution in [3.8, 4) is 28.4 Å². The van der Waals surface area contributed by atoms with Gasteiger partial charge >= 0.3 is 0 Å². The highest BCUT2D eigenvalue weighted by Gasteiger charge is 2.22. The highest BCUT2D eigenvalue weighted by molar-refractivity contribution is 7.28. The number of hydrogen-bond donors (Lipinski definition) is 3. The molecule has 0 saturated carbocycles. The molecule has 8 nitrogen and oxygen atoms in total. The molecule has 1 unspecified atom stereocenters. The van der Waals surface area contributed by atoms with Gasteiger partial charge in [0.15, 0.2) is 0 Å². The molecule has 1 atom stereocenters. The van der Waals surface area contributed by atoms with Crippen LogP contribution in [-0.4, -0.2) is 50.1 Å². The Labute approximate surface area is 171 Å². The lowest BCUT2D eigenvalue weighted by molar-refractivity contribution is 0.253. The Morgan fingerprint density at radius 3 is 2.59 bits per heavy atom. The van der Waals surface area contributed by atoms with Crippen LogP contribution in [-0.2, 0) is 0 Å². The van der Waals surface area contributed by atoms with E-state index in [4.69, 9.17) is 11.5 Å². The fourth-order valence-electron chi connectivity index (χ4n) is 3.62. The third kappa shape index (κ3) is 3.99. The number of likely N-dealkylation sites (tertiary alicyclic amines) is 1. The van der Waals surface area contributed by atoms with Gasteiger partial charge in [-0.25, -0.2) is 19.9 Å². The van der Waals surface area contributed by atoms with Gasteiger partial charge in [-0.1, -0.05) is 0 Å². The van der Waals surface area contributed by atoms with E-state index in [1.807, 2.05) is 12.1 Å². The average molecular weight is 409 g/mol. The van der Waals surface area contributed by atoms with Crippen molar-refractivity contribution in [2.24, 2.45) is 0 Å². The molecule has 1 saturated heterocycles. The molecule has 0 radical (unpaired) electrons. The number of aromatic nitrogens is 4. The highest BCUT2D eigenvalue weighted by atomic mass is 31.0. The lowest BCUT2D eigenvalue weighted by Gasteiger charge is -2.28. The first kappa shape index (κ1) is 19.5. The Balaban J connectivity index is 1.76. The van der Waals surface area contributed by atoms with Crippen molar-refractivity contribution in [1.82, 2.24) is 24.8 Å². The maximum atomic E-state index is 10.5. The predicted molar refractivity (Wildman–Crippen MR) is 118 cm³/mol. The molecule has 4 rings (SSSR count). The first-order chi connectivity index (χ1) is 13.9. The zero-order chi connectivity index (χ0) is 20.5.